The lowest BCUT2D eigenvalue weighted by atomic mass is 10.1. The molecular weight excluding hydrogens is 228 g/mol. The van der Waals surface area contributed by atoms with Crippen molar-refractivity contribution in [2.45, 2.75) is 13.1 Å². The van der Waals surface area contributed by atoms with Crippen LogP contribution in [-0.2, 0) is 13.1 Å². The summed E-state index contributed by atoms with van der Waals surface area (Å²) in [5, 5.41) is 0. The summed E-state index contributed by atoms with van der Waals surface area (Å²) < 4.78 is 4.14. The van der Waals surface area contributed by atoms with E-state index in [1.165, 1.54) is 0 Å². The first-order chi connectivity index (χ1) is 8.81. The van der Waals surface area contributed by atoms with E-state index < -0.39 is 0 Å². The van der Waals surface area contributed by atoms with Crippen LogP contribution in [-0.4, -0.2) is 12.6 Å². The minimum absolute atomic E-state index is 0.678. The fraction of sp³-hybridized carbons (Fsp3) is 0.143. The summed E-state index contributed by atoms with van der Waals surface area (Å²) in [5.74, 6) is 0. The van der Waals surface area contributed by atoms with Gasteiger partial charge in [-0.05, 0) is 12.1 Å². The summed E-state index contributed by atoms with van der Waals surface area (Å²) in [6.45, 7) is 1.61. The van der Waals surface area contributed by atoms with Crippen LogP contribution in [0, 0.1) is 0 Å². The highest BCUT2D eigenvalue weighted by atomic mass is 16.1. The Kier molecular flexibility index (Phi) is 2.48. The third-order valence-corrected chi connectivity index (χ3v) is 3.21. The molecule has 88 valence electrons. The number of pyridine rings is 2. The van der Waals surface area contributed by atoms with Crippen molar-refractivity contribution in [3.05, 3.63) is 47.8 Å². The first kappa shape index (κ1) is 10.8. The van der Waals surface area contributed by atoms with Crippen LogP contribution < -0.4 is 9.13 Å². The third kappa shape index (κ3) is 1.62. The van der Waals surface area contributed by atoms with E-state index in [0.29, 0.717) is 11.1 Å². The Morgan fingerprint density at radius 2 is 1.22 bits per heavy atom. The largest absolute Gasteiger partial charge is 0.298 e. The van der Waals surface area contributed by atoms with Gasteiger partial charge in [-0.3, -0.25) is 9.59 Å². The molecule has 0 saturated heterocycles. The standard InChI is InChI=1S/C14H12N2O2/c17-9-11-1-3-13-14-4-2-12(10-18)8-16(14)6-5-15(13)7-11/h1-4,7-10H,5-6H2/q+2. The molecule has 4 heteroatoms. The Labute approximate surface area is 104 Å². The maximum Gasteiger partial charge on any atom is 0.277 e. The summed E-state index contributed by atoms with van der Waals surface area (Å²) in [6.07, 6.45) is 5.43. The fourth-order valence-corrected chi connectivity index (χ4v) is 2.32. The number of aldehydes is 2. The molecule has 3 rings (SSSR count). The normalized spacial score (nSPS) is 12.4. The monoisotopic (exact) mass is 240 g/mol. The number of carbonyl (C=O) groups excluding carboxylic acids is 2. The lowest BCUT2D eigenvalue weighted by Gasteiger charge is -2.09. The lowest BCUT2D eigenvalue weighted by molar-refractivity contribution is -0.795. The lowest BCUT2D eigenvalue weighted by Crippen LogP contribution is -2.53. The van der Waals surface area contributed by atoms with Crippen LogP contribution in [0.5, 0.6) is 0 Å². The molecule has 0 radical (unpaired) electrons. The van der Waals surface area contributed by atoms with Gasteiger partial charge >= 0.3 is 0 Å². The van der Waals surface area contributed by atoms with E-state index in [4.69, 9.17) is 0 Å². The molecule has 0 atom stereocenters. The average molecular weight is 240 g/mol. The van der Waals surface area contributed by atoms with E-state index in [2.05, 4.69) is 9.13 Å². The number of aromatic nitrogens is 2. The second-order valence-electron chi connectivity index (χ2n) is 4.32. The van der Waals surface area contributed by atoms with Crippen LogP contribution in [0.25, 0.3) is 11.4 Å². The van der Waals surface area contributed by atoms with Gasteiger partial charge in [0.05, 0.1) is 11.1 Å². The number of hydrogen-bond donors (Lipinski definition) is 0. The summed E-state index contributed by atoms with van der Waals surface area (Å²) >= 11 is 0. The Bertz CT molecular complexity index is 593. The molecular formula is C14H12N2O2+2. The molecule has 0 fully saturated rings. The predicted molar refractivity (Wildman–Crippen MR) is 63.0 cm³/mol. The van der Waals surface area contributed by atoms with Gasteiger partial charge < -0.3 is 0 Å². The van der Waals surface area contributed by atoms with E-state index in [0.717, 1.165) is 37.0 Å². The molecule has 0 aromatic carbocycles. The van der Waals surface area contributed by atoms with Crippen LogP contribution >= 0.6 is 0 Å². The molecule has 0 bridgehead atoms. The van der Waals surface area contributed by atoms with Crippen LogP contribution in [0.2, 0.25) is 0 Å². The van der Waals surface area contributed by atoms with Gasteiger partial charge in [0.2, 0.25) is 13.1 Å². The smallest absolute Gasteiger partial charge is 0.277 e. The summed E-state index contributed by atoms with van der Waals surface area (Å²) in [5.41, 5.74) is 3.47. The van der Waals surface area contributed by atoms with Crippen LogP contribution in [0.3, 0.4) is 0 Å². The van der Waals surface area contributed by atoms with Gasteiger partial charge in [-0.25, -0.2) is 0 Å². The molecule has 1 aliphatic rings. The van der Waals surface area contributed by atoms with Crippen LogP contribution in [0.1, 0.15) is 20.7 Å². The summed E-state index contributed by atoms with van der Waals surface area (Å²) in [4.78, 5) is 21.5. The number of hydrogen-bond acceptors (Lipinski definition) is 2. The van der Waals surface area contributed by atoms with Gasteiger partial charge in [0.1, 0.15) is 0 Å². The van der Waals surface area contributed by atoms with E-state index >= 15 is 0 Å². The molecule has 0 spiro atoms. The zero-order valence-corrected chi connectivity index (χ0v) is 9.74. The van der Waals surface area contributed by atoms with Gasteiger partial charge in [0.25, 0.3) is 11.4 Å². The molecule has 18 heavy (non-hydrogen) atoms. The number of fused-ring (bicyclic) bond motifs is 3. The molecule has 3 heterocycles. The Balaban J connectivity index is 2.17. The van der Waals surface area contributed by atoms with E-state index in [9.17, 15) is 9.59 Å². The second kappa shape index (κ2) is 4.14. The van der Waals surface area contributed by atoms with Crippen molar-refractivity contribution in [2.24, 2.45) is 0 Å². The van der Waals surface area contributed by atoms with Gasteiger partial charge in [-0.2, -0.15) is 9.13 Å². The molecule has 0 amide bonds. The molecule has 2 aromatic rings. The maximum absolute atomic E-state index is 10.8. The number of rotatable bonds is 2. The average Bonchev–Trinajstić information content (AvgIpc) is 2.45. The molecule has 0 N–H and O–H groups in total. The van der Waals surface area contributed by atoms with E-state index in [1.807, 2.05) is 36.7 Å². The third-order valence-electron chi connectivity index (χ3n) is 3.21. The molecule has 1 aliphatic heterocycles. The Morgan fingerprint density at radius 1 is 0.778 bits per heavy atom. The topological polar surface area (TPSA) is 41.9 Å². The SMILES string of the molecule is O=Cc1ccc2[n+](c1)CC[n+]1cc(C=O)ccc1-2. The molecule has 0 saturated carbocycles. The second-order valence-corrected chi connectivity index (χ2v) is 4.32. The van der Waals surface area contributed by atoms with Crippen molar-refractivity contribution < 1.29 is 18.7 Å². The zero-order valence-electron chi connectivity index (χ0n) is 9.74. The van der Waals surface area contributed by atoms with Crippen molar-refractivity contribution in [3.8, 4) is 11.4 Å². The minimum atomic E-state index is 0.678. The maximum atomic E-state index is 10.8. The first-order valence-electron chi connectivity index (χ1n) is 5.79. The van der Waals surface area contributed by atoms with Crippen LogP contribution in [0.15, 0.2) is 36.7 Å². The van der Waals surface area contributed by atoms with Gasteiger partial charge in [0.15, 0.2) is 25.0 Å². The van der Waals surface area contributed by atoms with Crippen molar-refractivity contribution in [3.63, 3.8) is 0 Å². The van der Waals surface area contributed by atoms with Crippen molar-refractivity contribution in [1.29, 1.82) is 0 Å². The summed E-state index contributed by atoms with van der Waals surface area (Å²) in [7, 11) is 0. The van der Waals surface area contributed by atoms with E-state index in [-0.39, 0.29) is 0 Å². The van der Waals surface area contributed by atoms with E-state index in [1.54, 1.807) is 0 Å². The zero-order chi connectivity index (χ0) is 12.5. The molecule has 2 aromatic heterocycles. The van der Waals surface area contributed by atoms with Gasteiger partial charge in [-0.1, -0.05) is 0 Å². The van der Waals surface area contributed by atoms with Crippen molar-refractivity contribution >= 4 is 12.6 Å². The summed E-state index contributed by atoms with van der Waals surface area (Å²) in [6, 6.07) is 7.49. The van der Waals surface area contributed by atoms with Gasteiger partial charge in [0, 0.05) is 12.1 Å². The highest BCUT2D eigenvalue weighted by Gasteiger charge is 2.29. The predicted octanol–water partition coefficient (Wildman–Crippen LogP) is 0.567. The number of aryl methyl sites for hydroxylation is 2. The van der Waals surface area contributed by atoms with Crippen LogP contribution in [0.4, 0.5) is 0 Å². The highest BCUT2D eigenvalue weighted by Crippen LogP contribution is 2.14. The quantitative estimate of drug-likeness (QED) is 0.569. The van der Waals surface area contributed by atoms with Gasteiger partial charge in [-0.15, -0.1) is 0 Å². The molecule has 0 unspecified atom stereocenters. The minimum Gasteiger partial charge on any atom is -0.298 e. The molecule has 0 aliphatic carbocycles. The van der Waals surface area contributed by atoms with Crippen molar-refractivity contribution in [1.82, 2.24) is 0 Å². The Morgan fingerprint density at radius 3 is 1.61 bits per heavy atom. The Hall–Kier alpha value is -2.36. The first-order valence-corrected chi connectivity index (χ1v) is 5.79. The fourth-order valence-electron chi connectivity index (χ4n) is 2.32. The molecule has 4 nitrogen and oxygen atoms in total. The van der Waals surface area contributed by atoms with Crippen molar-refractivity contribution in [2.75, 3.05) is 0 Å². The highest BCUT2D eigenvalue weighted by molar-refractivity contribution is 5.75. The number of carbonyl (C=O) groups is 2. The number of nitrogens with zero attached hydrogens (tertiary/aromatic N) is 2.